The van der Waals surface area contributed by atoms with Gasteiger partial charge in [-0.25, -0.2) is 0 Å². The van der Waals surface area contributed by atoms with E-state index in [1.54, 1.807) is 0 Å². The van der Waals surface area contributed by atoms with Crippen LogP contribution in [0.1, 0.15) is 57.7 Å². The summed E-state index contributed by atoms with van der Waals surface area (Å²) in [5, 5.41) is 8.14. The fourth-order valence-corrected chi connectivity index (χ4v) is 3.19. The molecule has 1 heterocycles. The molecule has 0 saturated heterocycles. The molecular formula is C15H27N3. The first-order chi connectivity index (χ1) is 8.73. The van der Waals surface area contributed by atoms with Gasteiger partial charge in [-0.2, -0.15) is 5.10 Å². The molecule has 3 nitrogen and oxygen atoms in total. The number of aromatic nitrogens is 2. The first-order valence-corrected chi connectivity index (χ1v) is 7.41. The first-order valence-electron chi connectivity index (χ1n) is 7.41. The maximum Gasteiger partial charge on any atom is 0.0630 e. The molecule has 1 aromatic heterocycles. The number of hydrogen-bond acceptors (Lipinski definition) is 2. The van der Waals surface area contributed by atoms with Crippen molar-refractivity contribution in [3.05, 3.63) is 18.0 Å². The summed E-state index contributed by atoms with van der Waals surface area (Å²) < 4.78 is 2.17. The van der Waals surface area contributed by atoms with Gasteiger partial charge >= 0.3 is 0 Å². The molecule has 0 bridgehead atoms. The maximum absolute atomic E-state index is 4.79. The van der Waals surface area contributed by atoms with Gasteiger partial charge < -0.3 is 5.32 Å². The summed E-state index contributed by atoms with van der Waals surface area (Å²) in [5.74, 6) is 0. The van der Waals surface area contributed by atoms with E-state index in [2.05, 4.69) is 43.2 Å². The molecule has 1 aromatic rings. The minimum atomic E-state index is 0.488. The van der Waals surface area contributed by atoms with Crippen LogP contribution in [0.3, 0.4) is 0 Å². The highest BCUT2D eigenvalue weighted by atomic mass is 15.3. The van der Waals surface area contributed by atoms with Gasteiger partial charge in [0.1, 0.15) is 0 Å². The van der Waals surface area contributed by atoms with Gasteiger partial charge in [0.25, 0.3) is 0 Å². The molecule has 0 atom stereocenters. The summed E-state index contributed by atoms with van der Waals surface area (Å²) in [7, 11) is 2.06. The van der Waals surface area contributed by atoms with Crippen molar-refractivity contribution in [2.45, 2.75) is 58.4 Å². The van der Waals surface area contributed by atoms with E-state index in [9.17, 15) is 0 Å². The van der Waals surface area contributed by atoms with Gasteiger partial charge in [-0.15, -0.1) is 0 Å². The Hall–Kier alpha value is -0.830. The largest absolute Gasteiger partial charge is 0.319 e. The van der Waals surface area contributed by atoms with Crippen LogP contribution in [0.25, 0.3) is 0 Å². The number of rotatable bonds is 7. The van der Waals surface area contributed by atoms with E-state index < -0.39 is 0 Å². The Morgan fingerprint density at radius 2 is 2.11 bits per heavy atom. The van der Waals surface area contributed by atoms with Gasteiger partial charge in [0.05, 0.1) is 11.7 Å². The first kappa shape index (κ1) is 13.6. The quantitative estimate of drug-likeness (QED) is 0.804. The van der Waals surface area contributed by atoms with Gasteiger partial charge in [-0.1, -0.05) is 20.3 Å². The van der Waals surface area contributed by atoms with Crippen molar-refractivity contribution in [3.8, 4) is 0 Å². The second kappa shape index (κ2) is 5.87. The Labute approximate surface area is 111 Å². The van der Waals surface area contributed by atoms with Crippen molar-refractivity contribution in [1.82, 2.24) is 15.1 Å². The molecule has 102 valence electrons. The number of nitrogens with one attached hydrogen (secondary N) is 1. The van der Waals surface area contributed by atoms with Crippen LogP contribution in [0, 0.1) is 5.41 Å². The molecule has 0 amide bonds. The molecule has 1 fully saturated rings. The number of hydrogen-bond donors (Lipinski definition) is 1. The molecule has 1 aliphatic carbocycles. The maximum atomic E-state index is 4.79. The van der Waals surface area contributed by atoms with Crippen LogP contribution >= 0.6 is 0 Å². The zero-order valence-corrected chi connectivity index (χ0v) is 12.1. The van der Waals surface area contributed by atoms with Crippen molar-refractivity contribution in [1.29, 1.82) is 0 Å². The Morgan fingerprint density at radius 1 is 1.39 bits per heavy atom. The smallest absolute Gasteiger partial charge is 0.0630 e. The molecule has 0 spiro atoms. The van der Waals surface area contributed by atoms with Crippen LogP contribution in [0.4, 0.5) is 0 Å². The van der Waals surface area contributed by atoms with E-state index in [1.165, 1.54) is 37.8 Å². The molecule has 0 unspecified atom stereocenters. The lowest BCUT2D eigenvalue weighted by Gasteiger charge is -2.41. The van der Waals surface area contributed by atoms with Crippen LogP contribution in [-0.2, 0) is 6.42 Å². The zero-order chi connectivity index (χ0) is 13.0. The predicted molar refractivity (Wildman–Crippen MR) is 75.8 cm³/mol. The molecule has 18 heavy (non-hydrogen) atoms. The van der Waals surface area contributed by atoms with Crippen molar-refractivity contribution >= 4 is 0 Å². The fraction of sp³-hybridized carbons (Fsp3) is 0.800. The van der Waals surface area contributed by atoms with Crippen molar-refractivity contribution < 1.29 is 0 Å². The molecule has 2 rings (SSSR count). The van der Waals surface area contributed by atoms with Crippen LogP contribution in [0.2, 0.25) is 0 Å². The van der Waals surface area contributed by atoms with Crippen molar-refractivity contribution in [2.24, 2.45) is 5.41 Å². The van der Waals surface area contributed by atoms with Gasteiger partial charge in [-0.3, -0.25) is 4.68 Å². The summed E-state index contributed by atoms with van der Waals surface area (Å²) in [4.78, 5) is 0. The summed E-state index contributed by atoms with van der Waals surface area (Å²) in [6.07, 6.45) is 9.73. The lowest BCUT2D eigenvalue weighted by atomic mass is 9.66. The van der Waals surface area contributed by atoms with E-state index in [0.29, 0.717) is 11.5 Å². The Kier molecular flexibility index (Phi) is 4.44. The Bertz CT molecular complexity index is 362. The average molecular weight is 249 g/mol. The van der Waals surface area contributed by atoms with Crippen LogP contribution in [-0.4, -0.2) is 23.4 Å². The Balaban J connectivity index is 2.01. The predicted octanol–water partition coefficient (Wildman–Crippen LogP) is 3.18. The molecular weight excluding hydrogens is 222 g/mol. The van der Waals surface area contributed by atoms with Crippen LogP contribution < -0.4 is 5.32 Å². The molecule has 3 heteroatoms. The van der Waals surface area contributed by atoms with E-state index in [-0.39, 0.29) is 0 Å². The Morgan fingerprint density at radius 3 is 2.61 bits per heavy atom. The van der Waals surface area contributed by atoms with E-state index >= 15 is 0 Å². The summed E-state index contributed by atoms with van der Waals surface area (Å²) in [6.45, 7) is 5.61. The third-order valence-electron chi connectivity index (χ3n) is 4.50. The fourth-order valence-electron chi connectivity index (χ4n) is 3.19. The minimum Gasteiger partial charge on any atom is -0.319 e. The lowest BCUT2D eigenvalue weighted by Crippen LogP contribution is -2.40. The third-order valence-corrected chi connectivity index (χ3v) is 4.50. The monoisotopic (exact) mass is 249 g/mol. The minimum absolute atomic E-state index is 0.488. The summed E-state index contributed by atoms with van der Waals surface area (Å²) >= 11 is 0. The molecule has 0 radical (unpaired) electrons. The highest BCUT2D eigenvalue weighted by Crippen LogP contribution is 2.42. The highest BCUT2D eigenvalue weighted by Gasteiger charge is 2.36. The highest BCUT2D eigenvalue weighted by molar-refractivity contribution is 5.06. The van der Waals surface area contributed by atoms with Gasteiger partial charge in [0.2, 0.25) is 0 Å². The molecule has 1 saturated carbocycles. The number of nitrogens with zero attached hydrogens (tertiary/aromatic N) is 2. The van der Waals surface area contributed by atoms with Gasteiger partial charge in [0.15, 0.2) is 0 Å². The second-order valence-corrected chi connectivity index (χ2v) is 5.82. The van der Waals surface area contributed by atoms with Crippen LogP contribution in [0.5, 0.6) is 0 Å². The van der Waals surface area contributed by atoms with Crippen molar-refractivity contribution in [3.63, 3.8) is 0 Å². The van der Waals surface area contributed by atoms with Crippen LogP contribution in [0.15, 0.2) is 12.3 Å². The summed E-state index contributed by atoms with van der Waals surface area (Å²) in [5.41, 5.74) is 1.76. The van der Waals surface area contributed by atoms with Gasteiger partial charge in [0, 0.05) is 12.7 Å². The molecule has 0 aliphatic heterocycles. The van der Waals surface area contributed by atoms with E-state index in [0.717, 1.165) is 13.0 Å². The van der Waals surface area contributed by atoms with E-state index in [1.807, 2.05) is 0 Å². The standard InChI is InChI=1S/C15H27N3/c1-4-14(5-2)18-10-7-13(17-18)11-15(12-16-3)8-6-9-15/h7,10,14,16H,4-6,8-9,11-12H2,1-3H3. The third kappa shape index (κ3) is 2.77. The summed E-state index contributed by atoms with van der Waals surface area (Å²) in [6, 6.07) is 2.79. The van der Waals surface area contributed by atoms with Gasteiger partial charge in [-0.05, 0) is 50.6 Å². The van der Waals surface area contributed by atoms with Crippen molar-refractivity contribution in [2.75, 3.05) is 13.6 Å². The molecule has 1 N–H and O–H groups in total. The lowest BCUT2D eigenvalue weighted by molar-refractivity contribution is 0.131. The van der Waals surface area contributed by atoms with E-state index in [4.69, 9.17) is 5.10 Å². The second-order valence-electron chi connectivity index (χ2n) is 5.82. The molecule has 1 aliphatic rings. The average Bonchev–Trinajstić information content (AvgIpc) is 2.76. The normalized spacial score (nSPS) is 18.0. The molecule has 0 aromatic carbocycles. The zero-order valence-electron chi connectivity index (χ0n) is 12.1. The topological polar surface area (TPSA) is 29.9 Å². The SMILES string of the molecule is CCC(CC)n1ccc(CC2(CNC)CCC2)n1.